The maximum Gasteiger partial charge on any atom is 0.244 e. The number of rotatable bonds is 9. The Morgan fingerprint density at radius 3 is 2.63 bits per heavy atom. The lowest BCUT2D eigenvalue weighted by Gasteiger charge is -2.26. The first-order valence-corrected chi connectivity index (χ1v) is 15.2. The highest BCUT2D eigenvalue weighted by atomic mass is 35.5. The Hall–Kier alpha value is -1.30. The number of nitrogens with zero attached hydrogens (tertiary/aromatic N) is 5. The monoisotopic (exact) mass is 541 g/mol. The molecule has 0 spiro atoms. The summed E-state index contributed by atoms with van der Waals surface area (Å²) >= 11 is 7.85. The van der Waals surface area contributed by atoms with Crippen molar-refractivity contribution in [3.05, 3.63) is 28.0 Å². The molecule has 11 heteroatoms. The second-order valence-corrected chi connectivity index (χ2v) is 12.8. The molecule has 1 N–H and O–H groups in total. The maximum atomic E-state index is 13.6. The van der Waals surface area contributed by atoms with E-state index in [4.69, 9.17) is 16.6 Å². The number of sulfonamides is 1. The zero-order chi connectivity index (χ0) is 25.0. The summed E-state index contributed by atoms with van der Waals surface area (Å²) in [6, 6.07) is 5.33. The summed E-state index contributed by atoms with van der Waals surface area (Å²) in [5, 5.41) is 16.1. The average Bonchev–Trinajstić information content (AvgIpc) is 3.48. The van der Waals surface area contributed by atoms with E-state index in [-0.39, 0.29) is 23.0 Å². The number of β-amino-alcohol motifs (C(OH)–C–C–N with tert-alkyl or cyclic N) is 1. The number of hydrogen-bond donors (Lipinski definition) is 1. The van der Waals surface area contributed by atoms with Gasteiger partial charge in [0.05, 0.1) is 17.2 Å². The minimum atomic E-state index is -3.90. The molecule has 0 bridgehead atoms. The van der Waals surface area contributed by atoms with Gasteiger partial charge in [0.1, 0.15) is 9.90 Å². The Balaban J connectivity index is 1.57. The number of benzene rings is 1. The lowest BCUT2D eigenvalue weighted by molar-refractivity contribution is 0.106. The second-order valence-electron chi connectivity index (χ2n) is 9.50. The molecule has 194 valence electrons. The van der Waals surface area contributed by atoms with Crippen molar-refractivity contribution in [3.63, 3.8) is 0 Å². The van der Waals surface area contributed by atoms with Gasteiger partial charge in [-0.2, -0.15) is 9.40 Å². The van der Waals surface area contributed by atoms with Crippen molar-refractivity contribution in [2.75, 3.05) is 32.7 Å². The number of hydrogen-bond acceptors (Lipinski definition) is 7. The number of aromatic nitrogens is 2. The third-order valence-corrected chi connectivity index (χ3v) is 10.3. The van der Waals surface area contributed by atoms with Crippen molar-refractivity contribution >= 4 is 33.0 Å². The zero-order valence-electron chi connectivity index (χ0n) is 20.6. The number of aryl methyl sites for hydroxylation is 1. The molecule has 2 fully saturated rings. The minimum absolute atomic E-state index is 0.0342. The van der Waals surface area contributed by atoms with E-state index in [1.807, 2.05) is 7.05 Å². The number of likely N-dealkylation sites (tertiary alicyclic amines) is 1. The summed E-state index contributed by atoms with van der Waals surface area (Å²) in [5.74, 6) is 0. The van der Waals surface area contributed by atoms with Gasteiger partial charge in [0.2, 0.25) is 14.8 Å². The van der Waals surface area contributed by atoms with Gasteiger partial charge in [0.15, 0.2) is 0 Å². The fourth-order valence-corrected chi connectivity index (χ4v) is 7.81. The second kappa shape index (κ2) is 11.8. The van der Waals surface area contributed by atoms with Gasteiger partial charge in [-0.15, -0.1) is 0 Å². The third-order valence-electron chi connectivity index (χ3n) is 6.80. The summed E-state index contributed by atoms with van der Waals surface area (Å²) < 4.78 is 30.2. The molecule has 2 heterocycles. The first kappa shape index (κ1) is 26.8. The standard InChI is InChI=1S/C24H36ClN5O3S2/c1-3-30(17-20(31)16-29-13-7-8-14-29)35(32,33)22-15-18(11-12-21(22)25)23-27-28(2)24(34-23)26-19-9-5-4-6-10-19/h11-12,15,19-20,31H,3-10,13-14,16-17H2,1-2H3. The van der Waals surface area contributed by atoms with Crippen LogP contribution in [0.3, 0.4) is 0 Å². The van der Waals surface area contributed by atoms with E-state index < -0.39 is 16.1 Å². The zero-order valence-corrected chi connectivity index (χ0v) is 23.0. The minimum Gasteiger partial charge on any atom is -0.390 e. The first-order chi connectivity index (χ1) is 16.8. The molecule has 1 aromatic carbocycles. The summed E-state index contributed by atoms with van der Waals surface area (Å²) in [5.41, 5.74) is 0.687. The fraction of sp³-hybridized carbons (Fsp3) is 0.667. The molecule has 1 unspecified atom stereocenters. The van der Waals surface area contributed by atoms with Crippen LogP contribution in [-0.2, 0) is 17.1 Å². The molecule has 1 saturated carbocycles. The Morgan fingerprint density at radius 1 is 1.23 bits per heavy atom. The number of likely N-dealkylation sites (N-methyl/N-ethyl adjacent to an activating group) is 1. The fourth-order valence-electron chi connectivity index (χ4n) is 4.87. The molecule has 4 rings (SSSR count). The maximum absolute atomic E-state index is 13.6. The van der Waals surface area contributed by atoms with Crippen molar-refractivity contribution in [1.29, 1.82) is 0 Å². The molecule has 2 aromatic rings. The Labute approximate surface area is 217 Å². The van der Waals surface area contributed by atoms with Crippen LogP contribution >= 0.6 is 22.9 Å². The van der Waals surface area contributed by atoms with Crippen LogP contribution in [0.4, 0.5) is 0 Å². The van der Waals surface area contributed by atoms with Gasteiger partial charge in [-0.3, -0.25) is 4.99 Å². The summed E-state index contributed by atoms with van der Waals surface area (Å²) in [7, 11) is -2.03. The predicted octanol–water partition coefficient (Wildman–Crippen LogP) is 3.50. The molecule has 1 atom stereocenters. The van der Waals surface area contributed by atoms with E-state index in [9.17, 15) is 13.5 Å². The van der Waals surface area contributed by atoms with E-state index in [0.29, 0.717) is 23.2 Å². The average molecular weight is 542 g/mol. The van der Waals surface area contributed by atoms with Crippen LogP contribution in [0, 0.1) is 0 Å². The Kier molecular flexibility index (Phi) is 9.04. The molecule has 1 aliphatic carbocycles. The first-order valence-electron chi connectivity index (χ1n) is 12.6. The largest absolute Gasteiger partial charge is 0.390 e. The molecule has 1 aromatic heterocycles. The van der Waals surface area contributed by atoms with Crippen LogP contribution in [0.25, 0.3) is 10.6 Å². The highest BCUT2D eigenvalue weighted by molar-refractivity contribution is 7.89. The van der Waals surface area contributed by atoms with Gasteiger partial charge < -0.3 is 10.0 Å². The van der Waals surface area contributed by atoms with Crippen LogP contribution < -0.4 is 4.80 Å². The van der Waals surface area contributed by atoms with Gasteiger partial charge in [-0.05, 0) is 50.9 Å². The molecule has 2 aliphatic rings. The lowest BCUT2D eigenvalue weighted by Crippen LogP contribution is -2.42. The molecule has 0 amide bonds. The van der Waals surface area contributed by atoms with Gasteiger partial charge in [-0.25, -0.2) is 13.1 Å². The summed E-state index contributed by atoms with van der Waals surface area (Å²) in [6.45, 7) is 4.43. The van der Waals surface area contributed by atoms with Gasteiger partial charge in [-0.1, -0.05) is 55.2 Å². The normalized spacial score (nSPS) is 19.6. The van der Waals surface area contributed by atoms with E-state index in [2.05, 4.69) is 10.00 Å². The van der Waals surface area contributed by atoms with Crippen LogP contribution in [0.2, 0.25) is 5.02 Å². The van der Waals surface area contributed by atoms with Crippen LogP contribution in [0.15, 0.2) is 28.1 Å². The SMILES string of the molecule is CCN(CC(O)CN1CCCC1)S(=O)(=O)c1cc(-c2nn(C)c(=NC3CCCCC3)s2)ccc1Cl. The molecular weight excluding hydrogens is 506 g/mol. The van der Waals surface area contributed by atoms with Gasteiger partial charge >= 0.3 is 0 Å². The summed E-state index contributed by atoms with van der Waals surface area (Å²) in [6.07, 6.45) is 7.39. The Bertz CT molecular complexity index is 1170. The van der Waals surface area contributed by atoms with Crippen LogP contribution in [0.1, 0.15) is 51.9 Å². The number of aliphatic hydroxyl groups excluding tert-OH is 1. The van der Waals surface area contributed by atoms with Crippen LogP contribution in [0.5, 0.6) is 0 Å². The molecule has 1 saturated heterocycles. The predicted molar refractivity (Wildman–Crippen MR) is 140 cm³/mol. The highest BCUT2D eigenvalue weighted by Gasteiger charge is 2.29. The van der Waals surface area contributed by atoms with Crippen molar-refractivity contribution in [3.8, 4) is 10.6 Å². The van der Waals surface area contributed by atoms with E-state index in [0.717, 1.165) is 43.6 Å². The highest BCUT2D eigenvalue weighted by Crippen LogP contribution is 2.31. The van der Waals surface area contributed by atoms with Gasteiger partial charge in [0, 0.05) is 32.2 Å². The quantitative estimate of drug-likeness (QED) is 0.524. The Morgan fingerprint density at radius 2 is 1.94 bits per heavy atom. The summed E-state index contributed by atoms with van der Waals surface area (Å²) in [4.78, 5) is 7.96. The van der Waals surface area contributed by atoms with Crippen molar-refractivity contribution in [2.24, 2.45) is 12.0 Å². The van der Waals surface area contributed by atoms with E-state index in [1.54, 1.807) is 29.8 Å². The molecule has 0 radical (unpaired) electrons. The number of aliphatic hydroxyl groups is 1. The molecule has 8 nitrogen and oxygen atoms in total. The molecule has 1 aliphatic heterocycles. The lowest BCUT2D eigenvalue weighted by atomic mass is 9.96. The van der Waals surface area contributed by atoms with E-state index in [1.165, 1.54) is 34.9 Å². The van der Waals surface area contributed by atoms with Crippen molar-refractivity contribution < 1.29 is 13.5 Å². The van der Waals surface area contributed by atoms with Crippen molar-refractivity contribution in [1.82, 2.24) is 19.0 Å². The smallest absolute Gasteiger partial charge is 0.244 e. The molecular formula is C24H36ClN5O3S2. The van der Waals surface area contributed by atoms with Crippen LogP contribution in [-0.4, -0.2) is 77.4 Å². The number of halogens is 1. The van der Waals surface area contributed by atoms with E-state index >= 15 is 0 Å². The van der Waals surface area contributed by atoms with Gasteiger partial charge in [0.25, 0.3) is 0 Å². The third kappa shape index (κ3) is 6.53. The molecule has 35 heavy (non-hydrogen) atoms. The topological polar surface area (TPSA) is 91.0 Å². The van der Waals surface area contributed by atoms with Crippen molar-refractivity contribution in [2.45, 2.75) is 68.9 Å².